The summed E-state index contributed by atoms with van der Waals surface area (Å²) in [7, 11) is 1.37. The van der Waals surface area contributed by atoms with Crippen LogP contribution >= 0.6 is 0 Å². The van der Waals surface area contributed by atoms with Crippen LogP contribution in [0.1, 0.15) is 56.3 Å². The molecule has 3 N–H and O–H groups in total. The second-order valence-corrected chi connectivity index (χ2v) is 7.21. The Morgan fingerprint density at radius 1 is 1.04 bits per heavy atom. The first-order chi connectivity index (χ1) is 13.2. The van der Waals surface area contributed by atoms with Crippen LogP contribution < -0.4 is 4.74 Å². The number of aromatic hydroxyl groups is 2. The highest BCUT2D eigenvalue weighted by molar-refractivity contribution is 6.31. The van der Waals surface area contributed by atoms with Crippen molar-refractivity contribution in [2.24, 2.45) is 0 Å². The van der Waals surface area contributed by atoms with E-state index in [1.165, 1.54) is 26.2 Å². The predicted octanol–water partition coefficient (Wildman–Crippen LogP) is 1.69. The van der Waals surface area contributed by atoms with Gasteiger partial charge in [-0.3, -0.25) is 14.4 Å². The fourth-order valence-corrected chi connectivity index (χ4v) is 4.12. The summed E-state index contributed by atoms with van der Waals surface area (Å²) < 4.78 is 5.20. The van der Waals surface area contributed by atoms with Crippen LogP contribution in [0.2, 0.25) is 0 Å². The number of carbonyl (C=O) groups is 3. The summed E-state index contributed by atoms with van der Waals surface area (Å²) in [6, 6.07) is 4.54. The molecule has 0 aromatic heterocycles. The monoisotopic (exact) mass is 382 g/mol. The molecule has 2 aliphatic rings. The maximum Gasteiger partial charge on any atom is 0.202 e. The first-order valence-electron chi connectivity index (χ1n) is 8.80. The summed E-state index contributed by atoms with van der Waals surface area (Å²) in [6.07, 6.45) is -0.113. The average Bonchev–Trinajstić information content (AvgIpc) is 2.68. The molecule has 0 saturated carbocycles. The lowest BCUT2D eigenvalue weighted by molar-refractivity contribution is -0.136. The van der Waals surface area contributed by atoms with Gasteiger partial charge in [0.25, 0.3) is 0 Å². The van der Waals surface area contributed by atoms with Gasteiger partial charge in [-0.2, -0.15) is 0 Å². The van der Waals surface area contributed by atoms with Crippen molar-refractivity contribution in [2.45, 2.75) is 31.8 Å². The number of hydrogen-bond acceptors (Lipinski definition) is 7. The van der Waals surface area contributed by atoms with Crippen LogP contribution in [0.4, 0.5) is 0 Å². The Morgan fingerprint density at radius 3 is 2.32 bits per heavy atom. The molecule has 2 aromatic carbocycles. The van der Waals surface area contributed by atoms with E-state index in [-0.39, 0.29) is 58.4 Å². The molecule has 4 rings (SSSR count). The van der Waals surface area contributed by atoms with Gasteiger partial charge in [-0.25, -0.2) is 0 Å². The largest absolute Gasteiger partial charge is 0.507 e. The lowest BCUT2D eigenvalue weighted by Gasteiger charge is -2.34. The van der Waals surface area contributed by atoms with Gasteiger partial charge < -0.3 is 20.1 Å². The molecule has 28 heavy (non-hydrogen) atoms. The predicted molar refractivity (Wildman–Crippen MR) is 97.3 cm³/mol. The van der Waals surface area contributed by atoms with Crippen molar-refractivity contribution in [3.8, 4) is 17.2 Å². The molecule has 2 aliphatic carbocycles. The van der Waals surface area contributed by atoms with Crippen LogP contribution in [-0.2, 0) is 17.6 Å². The fourth-order valence-electron chi connectivity index (χ4n) is 4.12. The number of phenols is 2. The summed E-state index contributed by atoms with van der Waals surface area (Å²) in [5.74, 6) is -2.39. The number of methoxy groups -OCH3 is 1. The zero-order valence-electron chi connectivity index (χ0n) is 15.3. The molecule has 144 valence electrons. The maximum absolute atomic E-state index is 13.1. The van der Waals surface area contributed by atoms with Crippen molar-refractivity contribution in [1.82, 2.24) is 0 Å². The first-order valence-corrected chi connectivity index (χ1v) is 8.80. The molecule has 0 saturated heterocycles. The molecule has 7 nitrogen and oxygen atoms in total. The Morgan fingerprint density at radius 2 is 1.68 bits per heavy atom. The summed E-state index contributed by atoms with van der Waals surface area (Å²) in [4.78, 5) is 38.0. The number of hydrogen-bond donors (Lipinski definition) is 3. The topological polar surface area (TPSA) is 121 Å². The molecular formula is C21H18O7. The molecular weight excluding hydrogens is 364 g/mol. The zero-order valence-corrected chi connectivity index (χ0v) is 15.3. The van der Waals surface area contributed by atoms with Gasteiger partial charge in [0.2, 0.25) is 5.78 Å². The number of fused-ring (bicyclic) bond motifs is 3. The molecule has 0 fully saturated rings. The van der Waals surface area contributed by atoms with Gasteiger partial charge in [0.05, 0.1) is 23.8 Å². The van der Waals surface area contributed by atoms with Crippen LogP contribution in [-0.4, -0.2) is 45.4 Å². The van der Waals surface area contributed by atoms with Gasteiger partial charge in [0.15, 0.2) is 11.6 Å². The van der Waals surface area contributed by atoms with E-state index < -0.39 is 34.4 Å². The zero-order chi connectivity index (χ0) is 20.4. The van der Waals surface area contributed by atoms with E-state index in [4.69, 9.17) is 4.74 Å². The van der Waals surface area contributed by atoms with E-state index in [0.717, 1.165) is 0 Å². The van der Waals surface area contributed by atoms with Gasteiger partial charge in [-0.05, 0) is 25.8 Å². The minimum Gasteiger partial charge on any atom is -0.507 e. The molecule has 2 aromatic rings. The fraction of sp³-hybridized carbons (Fsp3) is 0.286. The first kappa shape index (κ1) is 18.2. The molecule has 1 unspecified atom stereocenters. The summed E-state index contributed by atoms with van der Waals surface area (Å²) in [5, 5.41) is 32.2. The Kier molecular flexibility index (Phi) is 3.83. The number of phenolic OH excluding ortho intramolecular Hbond substituents is 2. The van der Waals surface area contributed by atoms with Crippen LogP contribution in [0.25, 0.3) is 0 Å². The maximum atomic E-state index is 13.1. The number of Topliss-reactive ketones (excluding diaryl/α,β-unsaturated/α-hetero) is 1. The lowest BCUT2D eigenvalue weighted by atomic mass is 9.73. The van der Waals surface area contributed by atoms with Gasteiger partial charge in [-0.1, -0.05) is 12.1 Å². The van der Waals surface area contributed by atoms with E-state index in [1.807, 2.05) is 0 Å². The van der Waals surface area contributed by atoms with E-state index in [9.17, 15) is 29.7 Å². The van der Waals surface area contributed by atoms with Crippen LogP contribution in [0.15, 0.2) is 18.2 Å². The van der Waals surface area contributed by atoms with Gasteiger partial charge in [-0.15, -0.1) is 0 Å². The quantitative estimate of drug-likeness (QED) is 0.577. The Hall–Kier alpha value is -3.19. The smallest absolute Gasteiger partial charge is 0.202 e. The van der Waals surface area contributed by atoms with E-state index >= 15 is 0 Å². The summed E-state index contributed by atoms with van der Waals surface area (Å²) >= 11 is 0. The minimum atomic E-state index is -1.69. The van der Waals surface area contributed by atoms with E-state index in [0.29, 0.717) is 0 Å². The normalized spacial score (nSPS) is 20.2. The molecule has 0 heterocycles. The molecule has 0 aliphatic heterocycles. The summed E-state index contributed by atoms with van der Waals surface area (Å²) in [6.45, 7) is 1.25. The SMILES string of the molecule is COc1cccc2c1C(=O)c1c(O)c3c(c(O)c1C2=O)CC(O)(C(C)=O)CC3. The highest BCUT2D eigenvalue weighted by Crippen LogP contribution is 2.48. The van der Waals surface area contributed by atoms with Crippen molar-refractivity contribution in [1.29, 1.82) is 0 Å². The number of ether oxygens (including phenoxy) is 1. The minimum absolute atomic E-state index is 0.0354. The van der Waals surface area contributed by atoms with Crippen molar-refractivity contribution in [2.75, 3.05) is 7.11 Å². The molecule has 7 heteroatoms. The number of carbonyl (C=O) groups excluding carboxylic acids is 3. The van der Waals surface area contributed by atoms with Crippen LogP contribution in [0.5, 0.6) is 17.2 Å². The van der Waals surface area contributed by atoms with Crippen molar-refractivity contribution in [3.63, 3.8) is 0 Å². The highest BCUT2D eigenvalue weighted by atomic mass is 16.5. The highest BCUT2D eigenvalue weighted by Gasteiger charge is 2.44. The third-order valence-electron chi connectivity index (χ3n) is 5.74. The summed E-state index contributed by atoms with van der Waals surface area (Å²) in [5.41, 5.74) is -1.79. The third kappa shape index (κ3) is 2.23. The molecule has 0 spiro atoms. The standard InChI is InChI=1S/C21H18O7/c1-9(22)21(27)7-6-10-12(8-21)19(25)15-16(17(10)23)20(26)14-11(18(15)24)4-3-5-13(14)28-2/h3-5,23,25,27H,6-8H2,1-2H3. The van der Waals surface area contributed by atoms with Crippen molar-refractivity contribution in [3.05, 3.63) is 51.6 Å². The second-order valence-electron chi connectivity index (χ2n) is 7.21. The van der Waals surface area contributed by atoms with Crippen LogP contribution in [0, 0.1) is 0 Å². The number of ketones is 3. The second kappa shape index (κ2) is 5.90. The average molecular weight is 382 g/mol. The molecule has 0 bridgehead atoms. The molecule has 1 atom stereocenters. The van der Waals surface area contributed by atoms with Gasteiger partial charge in [0, 0.05) is 23.1 Å². The Balaban J connectivity index is 2.00. The number of aliphatic hydroxyl groups is 1. The molecule has 0 amide bonds. The van der Waals surface area contributed by atoms with E-state index in [2.05, 4.69) is 0 Å². The van der Waals surface area contributed by atoms with E-state index in [1.54, 1.807) is 6.07 Å². The number of benzene rings is 2. The van der Waals surface area contributed by atoms with Gasteiger partial charge >= 0.3 is 0 Å². The van der Waals surface area contributed by atoms with Gasteiger partial charge in [0.1, 0.15) is 22.8 Å². The molecule has 0 radical (unpaired) electrons. The van der Waals surface area contributed by atoms with Crippen molar-refractivity contribution >= 4 is 17.3 Å². The Bertz CT molecular complexity index is 1080. The van der Waals surface area contributed by atoms with Crippen molar-refractivity contribution < 1.29 is 34.4 Å². The number of rotatable bonds is 2. The van der Waals surface area contributed by atoms with Crippen LogP contribution in [0.3, 0.4) is 0 Å². The lowest BCUT2D eigenvalue weighted by Crippen LogP contribution is -2.42. The third-order valence-corrected chi connectivity index (χ3v) is 5.74. The Labute approximate surface area is 160 Å².